The Morgan fingerprint density at radius 1 is 1.09 bits per heavy atom. The van der Waals surface area contributed by atoms with Crippen LogP contribution in [0, 0.1) is 6.92 Å². The number of carbonyl (C=O) groups is 2. The molecule has 3 aromatic rings. The van der Waals surface area contributed by atoms with E-state index in [1.807, 2.05) is 42.5 Å². The fourth-order valence-electron chi connectivity index (χ4n) is 4.36. The summed E-state index contributed by atoms with van der Waals surface area (Å²) in [4.78, 5) is 31.4. The Hall–Kier alpha value is -3.36. The summed E-state index contributed by atoms with van der Waals surface area (Å²) in [7, 11) is 3.19. The van der Waals surface area contributed by atoms with E-state index in [4.69, 9.17) is 14.2 Å². The van der Waals surface area contributed by atoms with Crippen LogP contribution in [-0.4, -0.2) is 68.6 Å². The van der Waals surface area contributed by atoms with E-state index in [2.05, 4.69) is 15.2 Å². The minimum absolute atomic E-state index is 0.144. The van der Waals surface area contributed by atoms with Crippen molar-refractivity contribution < 1.29 is 23.8 Å². The van der Waals surface area contributed by atoms with Crippen LogP contribution in [0.25, 0.3) is 10.9 Å². The van der Waals surface area contributed by atoms with Crippen LogP contribution in [-0.2, 0) is 9.53 Å². The van der Waals surface area contributed by atoms with Crippen LogP contribution in [0.2, 0.25) is 0 Å². The molecule has 0 radical (unpaired) electrons. The number of morpholine rings is 1. The van der Waals surface area contributed by atoms with Crippen molar-refractivity contribution in [1.82, 2.24) is 15.2 Å². The molecule has 1 aromatic heterocycles. The lowest BCUT2D eigenvalue weighted by Gasteiger charge is -2.35. The summed E-state index contributed by atoms with van der Waals surface area (Å²) in [6, 6.07) is 13.1. The molecule has 4 rings (SSSR count). The first-order valence-electron chi connectivity index (χ1n) is 11.0. The molecule has 0 aliphatic carbocycles. The number of nitrogens with one attached hydrogen (secondary N) is 2. The maximum Gasteiger partial charge on any atom is 0.292 e. The maximum absolute atomic E-state index is 13.0. The number of fused-ring (bicyclic) bond motifs is 1. The number of H-pyrrole nitrogens is 1. The van der Waals surface area contributed by atoms with Gasteiger partial charge < -0.3 is 24.5 Å². The number of amides is 1. The molecule has 2 N–H and O–H groups in total. The number of hydrogen-bond donors (Lipinski definition) is 2. The van der Waals surface area contributed by atoms with Crippen LogP contribution in [0.5, 0.6) is 11.5 Å². The smallest absolute Gasteiger partial charge is 0.292 e. The molecule has 8 heteroatoms. The lowest BCUT2D eigenvalue weighted by atomic mass is 10.0. The van der Waals surface area contributed by atoms with Crippen LogP contribution in [0.1, 0.15) is 27.7 Å². The van der Waals surface area contributed by atoms with Crippen LogP contribution in [0.15, 0.2) is 42.5 Å². The Balaban J connectivity index is 1.56. The molecule has 1 amide bonds. The van der Waals surface area contributed by atoms with Gasteiger partial charge in [0, 0.05) is 36.2 Å². The Morgan fingerprint density at radius 2 is 1.82 bits per heavy atom. The molecule has 0 bridgehead atoms. The number of rotatable bonds is 8. The Bertz CT molecular complexity index is 1150. The van der Waals surface area contributed by atoms with Gasteiger partial charge in [-0.05, 0) is 30.7 Å². The van der Waals surface area contributed by atoms with E-state index in [0.717, 1.165) is 29.6 Å². The predicted molar refractivity (Wildman–Crippen MR) is 125 cm³/mol. The highest BCUT2D eigenvalue weighted by Crippen LogP contribution is 2.32. The molecular formula is C25H29N3O5. The zero-order chi connectivity index (χ0) is 23.4. The second-order valence-corrected chi connectivity index (χ2v) is 7.99. The van der Waals surface area contributed by atoms with Gasteiger partial charge >= 0.3 is 0 Å². The summed E-state index contributed by atoms with van der Waals surface area (Å²) < 4.78 is 16.3. The summed E-state index contributed by atoms with van der Waals surface area (Å²) in [6.45, 7) is 4.77. The van der Waals surface area contributed by atoms with Crippen molar-refractivity contribution in [2.75, 3.05) is 47.1 Å². The Kier molecular flexibility index (Phi) is 6.96. The average molecular weight is 452 g/mol. The SMILES string of the molecule is COc1ccc(C(CNC(=O)C(=O)c2c(C)[nH]c3ccccc23)N2CCOCC2)cc1OC. The highest BCUT2D eigenvalue weighted by atomic mass is 16.5. The van der Waals surface area contributed by atoms with Crippen molar-refractivity contribution in [2.45, 2.75) is 13.0 Å². The molecule has 174 valence electrons. The van der Waals surface area contributed by atoms with Crippen LogP contribution in [0.4, 0.5) is 0 Å². The van der Waals surface area contributed by atoms with Gasteiger partial charge in [0.25, 0.3) is 11.7 Å². The number of methoxy groups -OCH3 is 2. The summed E-state index contributed by atoms with van der Waals surface area (Å²) in [5.74, 6) is 0.0839. The van der Waals surface area contributed by atoms with Crippen molar-refractivity contribution in [3.05, 3.63) is 59.3 Å². The quantitative estimate of drug-likeness (QED) is 0.404. The third kappa shape index (κ3) is 4.72. The number of ether oxygens (including phenoxy) is 3. The van der Waals surface area contributed by atoms with E-state index < -0.39 is 11.7 Å². The number of aromatic amines is 1. The lowest BCUT2D eigenvalue weighted by Crippen LogP contribution is -2.45. The van der Waals surface area contributed by atoms with Crippen molar-refractivity contribution in [2.24, 2.45) is 0 Å². The van der Waals surface area contributed by atoms with Gasteiger partial charge in [-0.2, -0.15) is 0 Å². The van der Waals surface area contributed by atoms with Gasteiger partial charge in [-0.25, -0.2) is 0 Å². The van der Waals surface area contributed by atoms with E-state index in [1.165, 1.54) is 0 Å². The van der Waals surface area contributed by atoms with E-state index in [9.17, 15) is 9.59 Å². The highest BCUT2D eigenvalue weighted by molar-refractivity contribution is 6.45. The molecule has 0 spiro atoms. The number of para-hydroxylation sites is 1. The first kappa shape index (κ1) is 22.8. The van der Waals surface area contributed by atoms with Gasteiger partial charge in [0.15, 0.2) is 11.5 Å². The molecule has 1 aliphatic rings. The van der Waals surface area contributed by atoms with Crippen LogP contribution >= 0.6 is 0 Å². The zero-order valence-corrected chi connectivity index (χ0v) is 19.1. The van der Waals surface area contributed by atoms with Crippen molar-refractivity contribution in [3.8, 4) is 11.5 Å². The molecule has 1 saturated heterocycles. The second-order valence-electron chi connectivity index (χ2n) is 7.99. The predicted octanol–water partition coefficient (Wildman–Crippen LogP) is 2.87. The molecule has 1 atom stereocenters. The molecule has 1 aliphatic heterocycles. The minimum Gasteiger partial charge on any atom is -0.493 e. The number of Topliss-reactive ketones (excluding diaryl/α,β-unsaturated/α-hetero) is 1. The zero-order valence-electron chi connectivity index (χ0n) is 19.1. The maximum atomic E-state index is 13.0. The summed E-state index contributed by atoms with van der Waals surface area (Å²) in [5.41, 5.74) is 2.89. The number of ketones is 1. The Morgan fingerprint density at radius 3 is 2.55 bits per heavy atom. The first-order valence-corrected chi connectivity index (χ1v) is 11.0. The van der Waals surface area contributed by atoms with E-state index >= 15 is 0 Å². The number of carbonyl (C=O) groups excluding carboxylic acids is 2. The Labute approximate surface area is 192 Å². The number of nitrogens with zero attached hydrogens (tertiary/aromatic N) is 1. The molecular weight excluding hydrogens is 422 g/mol. The number of aryl methyl sites for hydroxylation is 1. The van der Waals surface area contributed by atoms with Gasteiger partial charge in [-0.3, -0.25) is 14.5 Å². The van der Waals surface area contributed by atoms with Gasteiger partial charge in [0.05, 0.1) is 39.0 Å². The van der Waals surface area contributed by atoms with Crippen LogP contribution in [0.3, 0.4) is 0 Å². The third-order valence-electron chi connectivity index (χ3n) is 6.06. The van der Waals surface area contributed by atoms with Crippen LogP contribution < -0.4 is 14.8 Å². The molecule has 0 saturated carbocycles. The molecule has 8 nitrogen and oxygen atoms in total. The summed E-state index contributed by atoms with van der Waals surface area (Å²) >= 11 is 0. The lowest BCUT2D eigenvalue weighted by molar-refractivity contribution is -0.117. The third-order valence-corrected chi connectivity index (χ3v) is 6.06. The van der Waals surface area contributed by atoms with Crippen molar-refractivity contribution in [1.29, 1.82) is 0 Å². The molecule has 1 fully saturated rings. The highest BCUT2D eigenvalue weighted by Gasteiger charge is 2.27. The molecule has 2 aromatic carbocycles. The van der Waals surface area contributed by atoms with Gasteiger partial charge in [-0.1, -0.05) is 24.3 Å². The van der Waals surface area contributed by atoms with E-state index in [0.29, 0.717) is 36.0 Å². The van der Waals surface area contributed by atoms with Gasteiger partial charge in [0.2, 0.25) is 0 Å². The molecule has 2 heterocycles. The minimum atomic E-state index is -0.624. The standard InChI is InChI=1S/C25H29N3O5/c1-16-23(18-6-4-5-7-19(18)27-16)24(29)25(30)26-15-20(28-10-12-33-13-11-28)17-8-9-21(31-2)22(14-17)32-3/h4-9,14,20,27H,10-13,15H2,1-3H3,(H,26,30). The summed E-state index contributed by atoms with van der Waals surface area (Å²) in [6.07, 6.45) is 0. The second kappa shape index (κ2) is 10.1. The van der Waals surface area contributed by atoms with Gasteiger partial charge in [0.1, 0.15) is 0 Å². The monoisotopic (exact) mass is 451 g/mol. The molecule has 1 unspecified atom stereocenters. The van der Waals surface area contributed by atoms with Crippen molar-refractivity contribution >= 4 is 22.6 Å². The first-order chi connectivity index (χ1) is 16.0. The molecule has 33 heavy (non-hydrogen) atoms. The van der Waals surface area contributed by atoms with E-state index in [-0.39, 0.29) is 12.6 Å². The fraction of sp³-hybridized carbons (Fsp3) is 0.360. The van der Waals surface area contributed by atoms with Crippen molar-refractivity contribution in [3.63, 3.8) is 0 Å². The van der Waals surface area contributed by atoms with E-state index in [1.54, 1.807) is 21.1 Å². The largest absolute Gasteiger partial charge is 0.493 e. The topological polar surface area (TPSA) is 92.9 Å². The number of hydrogen-bond acceptors (Lipinski definition) is 6. The number of benzene rings is 2. The number of aromatic nitrogens is 1. The fourth-order valence-corrected chi connectivity index (χ4v) is 4.36. The normalized spacial score (nSPS) is 15.2. The summed E-state index contributed by atoms with van der Waals surface area (Å²) in [5, 5.41) is 3.62. The average Bonchev–Trinajstić information content (AvgIpc) is 3.19. The van der Waals surface area contributed by atoms with Gasteiger partial charge in [-0.15, -0.1) is 0 Å².